The van der Waals surface area contributed by atoms with Gasteiger partial charge in [0.25, 0.3) is 0 Å². The van der Waals surface area contributed by atoms with E-state index in [1.807, 2.05) is 11.3 Å². The van der Waals surface area contributed by atoms with Crippen LogP contribution in [-0.4, -0.2) is 6.04 Å². The molecule has 0 radical (unpaired) electrons. The standard InChI is InChI=1S/C16H25NS/c1-12(13-6-3-2-4-7-13)17-16(14-9-10-14)15-8-5-11-18-15/h5,8,11-14,16-17H,2-4,6-7,9-10H2,1H3/t12-,16?/m0/s1. The Morgan fingerprint density at radius 1 is 1.11 bits per heavy atom. The Labute approximate surface area is 115 Å². The average molecular weight is 263 g/mol. The molecule has 2 saturated carbocycles. The van der Waals surface area contributed by atoms with Gasteiger partial charge in [-0.1, -0.05) is 25.3 Å². The van der Waals surface area contributed by atoms with Crippen LogP contribution in [0.4, 0.5) is 0 Å². The molecule has 18 heavy (non-hydrogen) atoms. The van der Waals surface area contributed by atoms with Crippen LogP contribution in [0.1, 0.15) is 62.8 Å². The lowest BCUT2D eigenvalue weighted by atomic mass is 9.84. The number of hydrogen-bond acceptors (Lipinski definition) is 2. The highest BCUT2D eigenvalue weighted by atomic mass is 32.1. The molecule has 2 aliphatic carbocycles. The molecule has 1 unspecified atom stereocenters. The lowest BCUT2D eigenvalue weighted by Crippen LogP contribution is -2.37. The Morgan fingerprint density at radius 2 is 1.89 bits per heavy atom. The maximum absolute atomic E-state index is 3.96. The van der Waals surface area contributed by atoms with Gasteiger partial charge in [-0.05, 0) is 55.9 Å². The highest BCUT2D eigenvalue weighted by Crippen LogP contribution is 2.43. The first-order chi connectivity index (χ1) is 8.84. The van der Waals surface area contributed by atoms with Crippen molar-refractivity contribution in [2.45, 2.75) is 64.0 Å². The second kappa shape index (κ2) is 5.75. The zero-order valence-electron chi connectivity index (χ0n) is 11.4. The highest BCUT2D eigenvalue weighted by Gasteiger charge is 2.34. The molecule has 2 heteroatoms. The van der Waals surface area contributed by atoms with E-state index in [0.29, 0.717) is 12.1 Å². The van der Waals surface area contributed by atoms with Crippen molar-refractivity contribution in [1.82, 2.24) is 5.32 Å². The van der Waals surface area contributed by atoms with Crippen molar-refractivity contribution in [3.05, 3.63) is 22.4 Å². The first-order valence-corrected chi connectivity index (χ1v) is 8.52. The third-order valence-electron chi connectivity index (χ3n) is 4.74. The molecule has 2 aliphatic rings. The van der Waals surface area contributed by atoms with Crippen LogP contribution >= 0.6 is 11.3 Å². The molecule has 3 rings (SSSR count). The van der Waals surface area contributed by atoms with Crippen LogP contribution < -0.4 is 5.32 Å². The van der Waals surface area contributed by atoms with E-state index in [-0.39, 0.29) is 0 Å². The van der Waals surface area contributed by atoms with Gasteiger partial charge in [0.15, 0.2) is 0 Å². The van der Waals surface area contributed by atoms with Gasteiger partial charge in [-0.3, -0.25) is 0 Å². The van der Waals surface area contributed by atoms with E-state index >= 15 is 0 Å². The summed E-state index contributed by atoms with van der Waals surface area (Å²) in [7, 11) is 0. The summed E-state index contributed by atoms with van der Waals surface area (Å²) in [6, 6.07) is 5.84. The largest absolute Gasteiger partial charge is 0.306 e. The summed E-state index contributed by atoms with van der Waals surface area (Å²) in [5, 5.41) is 6.18. The van der Waals surface area contributed by atoms with Crippen LogP contribution in [0.2, 0.25) is 0 Å². The van der Waals surface area contributed by atoms with E-state index in [9.17, 15) is 0 Å². The lowest BCUT2D eigenvalue weighted by Gasteiger charge is -2.31. The fraction of sp³-hybridized carbons (Fsp3) is 0.750. The molecule has 1 nitrogen and oxygen atoms in total. The quantitative estimate of drug-likeness (QED) is 0.808. The Morgan fingerprint density at radius 3 is 2.50 bits per heavy atom. The topological polar surface area (TPSA) is 12.0 Å². The number of hydrogen-bond donors (Lipinski definition) is 1. The van der Waals surface area contributed by atoms with E-state index in [2.05, 4.69) is 29.8 Å². The summed E-state index contributed by atoms with van der Waals surface area (Å²) < 4.78 is 0. The fourth-order valence-electron chi connectivity index (χ4n) is 3.40. The molecule has 1 aromatic rings. The summed E-state index contributed by atoms with van der Waals surface area (Å²) in [4.78, 5) is 1.56. The van der Waals surface area contributed by atoms with Crippen molar-refractivity contribution in [3.63, 3.8) is 0 Å². The van der Waals surface area contributed by atoms with Gasteiger partial charge in [0.2, 0.25) is 0 Å². The predicted molar refractivity (Wildman–Crippen MR) is 79.0 cm³/mol. The molecule has 100 valence electrons. The summed E-state index contributed by atoms with van der Waals surface area (Å²) in [6.07, 6.45) is 10.1. The van der Waals surface area contributed by atoms with Gasteiger partial charge in [0.1, 0.15) is 0 Å². The van der Waals surface area contributed by atoms with Gasteiger partial charge >= 0.3 is 0 Å². The molecule has 0 aliphatic heterocycles. The molecule has 0 amide bonds. The predicted octanol–water partition coefficient (Wildman–Crippen LogP) is 4.76. The van der Waals surface area contributed by atoms with Gasteiger partial charge in [-0.25, -0.2) is 0 Å². The minimum absolute atomic E-state index is 0.641. The highest BCUT2D eigenvalue weighted by molar-refractivity contribution is 7.10. The summed E-state index contributed by atoms with van der Waals surface area (Å²) in [5.41, 5.74) is 0. The van der Waals surface area contributed by atoms with Crippen molar-refractivity contribution in [2.24, 2.45) is 11.8 Å². The molecule has 2 fully saturated rings. The Kier molecular flexibility index (Phi) is 4.05. The zero-order valence-corrected chi connectivity index (χ0v) is 12.2. The van der Waals surface area contributed by atoms with E-state index < -0.39 is 0 Å². The third-order valence-corrected chi connectivity index (χ3v) is 5.70. The average Bonchev–Trinajstić information content (AvgIpc) is 3.11. The smallest absolute Gasteiger partial charge is 0.0445 e. The van der Waals surface area contributed by atoms with E-state index in [1.54, 1.807) is 4.88 Å². The molecular weight excluding hydrogens is 238 g/mol. The van der Waals surface area contributed by atoms with E-state index in [1.165, 1.54) is 44.9 Å². The van der Waals surface area contributed by atoms with Gasteiger partial charge < -0.3 is 5.32 Å². The van der Waals surface area contributed by atoms with Gasteiger partial charge in [-0.15, -0.1) is 11.3 Å². The Balaban J connectivity index is 1.61. The Hall–Kier alpha value is -0.340. The molecule has 0 saturated heterocycles. The van der Waals surface area contributed by atoms with Crippen molar-refractivity contribution in [3.8, 4) is 0 Å². The number of nitrogens with one attached hydrogen (secondary N) is 1. The van der Waals surface area contributed by atoms with Crippen LogP contribution in [0.25, 0.3) is 0 Å². The van der Waals surface area contributed by atoms with Crippen molar-refractivity contribution < 1.29 is 0 Å². The van der Waals surface area contributed by atoms with E-state index in [4.69, 9.17) is 0 Å². The minimum Gasteiger partial charge on any atom is -0.306 e. The maximum atomic E-state index is 3.96. The van der Waals surface area contributed by atoms with Gasteiger partial charge in [0.05, 0.1) is 0 Å². The molecule has 0 aromatic carbocycles. The van der Waals surface area contributed by atoms with Gasteiger partial charge in [0, 0.05) is 17.0 Å². The van der Waals surface area contributed by atoms with Crippen molar-refractivity contribution >= 4 is 11.3 Å². The van der Waals surface area contributed by atoms with Crippen LogP contribution in [0, 0.1) is 11.8 Å². The lowest BCUT2D eigenvalue weighted by molar-refractivity contribution is 0.258. The molecule has 1 N–H and O–H groups in total. The van der Waals surface area contributed by atoms with E-state index in [0.717, 1.165) is 11.8 Å². The molecule has 0 spiro atoms. The summed E-state index contributed by atoms with van der Waals surface area (Å²) in [5.74, 6) is 1.83. The van der Waals surface area contributed by atoms with Crippen LogP contribution in [0.5, 0.6) is 0 Å². The fourth-order valence-corrected chi connectivity index (χ4v) is 4.28. The first kappa shape index (κ1) is 12.7. The van der Waals surface area contributed by atoms with Crippen LogP contribution in [0.15, 0.2) is 17.5 Å². The molecule has 0 bridgehead atoms. The minimum atomic E-state index is 0.641. The first-order valence-electron chi connectivity index (χ1n) is 7.64. The van der Waals surface area contributed by atoms with Crippen LogP contribution in [0.3, 0.4) is 0 Å². The SMILES string of the molecule is C[C@H](NC(c1cccs1)C1CC1)C1CCCCC1. The zero-order chi connectivity index (χ0) is 12.4. The summed E-state index contributed by atoms with van der Waals surface area (Å²) >= 11 is 1.93. The Bertz CT molecular complexity index is 349. The second-order valence-corrected chi connectivity index (χ2v) is 7.16. The molecular formula is C16H25NS. The monoisotopic (exact) mass is 263 g/mol. The van der Waals surface area contributed by atoms with Gasteiger partial charge in [-0.2, -0.15) is 0 Å². The third kappa shape index (κ3) is 2.97. The molecule has 1 aromatic heterocycles. The van der Waals surface area contributed by atoms with Crippen LogP contribution in [-0.2, 0) is 0 Å². The van der Waals surface area contributed by atoms with Crippen molar-refractivity contribution in [2.75, 3.05) is 0 Å². The molecule has 1 heterocycles. The normalized spacial score (nSPS) is 24.9. The number of thiophene rings is 1. The summed E-state index contributed by atoms with van der Waals surface area (Å²) in [6.45, 7) is 2.42. The molecule has 2 atom stereocenters. The maximum Gasteiger partial charge on any atom is 0.0445 e. The second-order valence-electron chi connectivity index (χ2n) is 6.18. The van der Waals surface area contributed by atoms with Crippen molar-refractivity contribution in [1.29, 1.82) is 0 Å². The number of rotatable bonds is 5.